The molecule has 18 nitrogen and oxygen atoms in total. The van der Waals surface area contributed by atoms with Crippen molar-refractivity contribution >= 4 is 24.2 Å². The summed E-state index contributed by atoms with van der Waals surface area (Å²) < 4.78 is 17.3. The molecule has 214 valence electrons. The van der Waals surface area contributed by atoms with Gasteiger partial charge in [0.1, 0.15) is 50.8 Å². The molecule has 0 amide bonds. The fourth-order valence-corrected chi connectivity index (χ4v) is 1.16. The fraction of sp³-hybridized carbons (Fsp3) is 0.778. The number of hydrogen-bond donors (Lipinski definition) is 10. The number of rotatable bonds is 15. The summed E-state index contributed by atoms with van der Waals surface area (Å²) >= 11 is 0. The molecule has 0 saturated carbocycles. The van der Waals surface area contributed by atoms with Crippen molar-refractivity contribution in [3.8, 4) is 0 Å². The van der Waals surface area contributed by atoms with E-state index in [9.17, 15) is 19.2 Å². The summed E-state index contributed by atoms with van der Waals surface area (Å²) in [4.78, 5) is 40.6. The van der Waals surface area contributed by atoms with E-state index in [0.717, 1.165) is 0 Å². The molecule has 0 rings (SSSR count). The minimum Gasteiger partial charge on any atom is -0.481 e. The second-order valence-electron chi connectivity index (χ2n) is 6.38. The van der Waals surface area contributed by atoms with E-state index in [0.29, 0.717) is 0 Å². The van der Waals surface area contributed by atoms with E-state index in [1.165, 1.54) is 0 Å². The topological polar surface area (TPSA) is 308 Å². The van der Waals surface area contributed by atoms with Crippen molar-refractivity contribution in [3.63, 3.8) is 0 Å². The van der Waals surface area contributed by atoms with Gasteiger partial charge in [-0.25, -0.2) is 9.59 Å². The maximum absolute atomic E-state index is 10.7. The zero-order valence-electron chi connectivity index (χ0n) is 19.1. The van der Waals surface area contributed by atoms with Crippen LogP contribution in [0.2, 0.25) is 0 Å². The monoisotopic (exact) mass is 538 g/mol. The second kappa shape index (κ2) is 25.3. The number of carbonyl (C=O) groups is 4. The van der Waals surface area contributed by atoms with Gasteiger partial charge in [0, 0.05) is 0 Å². The number of aliphatic carboxylic acids is 2. The maximum Gasteiger partial charge on any atom is 0.508 e. The van der Waals surface area contributed by atoms with Crippen LogP contribution < -0.4 is 0 Å². The Morgan fingerprint density at radius 1 is 0.472 bits per heavy atom. The van der Waals surface area contributed by atoms with Gasteiger partial charge in [-0.2, -0.15) is 0 Å². The minimum atomic E-state index is -1.15. The van der Waals surface area contributed by atoms with Crippen molar-refractivity contribution in [1.82, 2.24) is 0 Å². The van der Waals surface area contributed by atoms with Gasteiger partial charge in [0.05, 0.1) is 39.3 Å². The predicted molar refractivity (Wildman–Crippen MR) is 111 cm³/mol. The normalized spacial score (nSPS) is 13.2. The van der Waals surface area contributed by atoms with Crippen LogP contribution in [0.1, 0.15) is 12.8 Å². The summed E-state index contributed by atoms with van der Waals surface area (Å²) in [7, 11) is 0. The molecule has 0 aromatic carbocycles. The zero-order chi connectivity index (χ0) is 28.5. The minimum absolute atomic E-state index is 0.296. The number of aliphatic hydroxyl groups excluding tert-OH is 8. The molecule has 10 N–H and O–H groups in total. The first-order valence-electron chi connectivity index (χ1n) is 10.0. The first kappa shape index (κ1) is 37.7. The largest absolute Gasteiger partial charge is 0.508 e. The summed E-state index contributed by atoms with van der Waals surface area (Å²) in [5.41, 5.74) is 0. The van der Waals surface area contributed by atoms with Crippen LogP contribution in [0.15, 0.2) is 0 Å². The molecule has 0 bridgehead atoms. The van der Waals surface area contributed by atoms with Crippen molar-refractivity contribution in [2.24, 2.45) is 0 Å². The third-order valence-electron chi connectivity index (χ3n) is 2.97. The van der Waals surface area contributed by atoms with Crippen LogP contribution >= 0.6 is 0 Å². The van der Waals surface area contributed by atoms with E-state index < -0.39 is 75.1 Å². The average molecular weight is 538 g/mol. The van der Waals surface area contributed by atoms with Crippen molar-refractivity contribution in [2.75, 3.05) is 52.9 Å². The van der Waals surface area contributed by atoms with E-state index in [1.807, 2.05) is 0 Å². The van der Waals surface area contributed by atoms with E-state index in [4.69, 9.17) is 51.1 Å². The predicted octanol–water partition coefficient (Wildman–Crippen LogP) is -4.37. The van der Waals surface area contributed by atoms with Crippen molar-refractivity contribution in [3.05, 3.63) is 0 Å². The van der Waals surface area contributed by atoms with Gasteiger partial charge in [0.15, 0.2) is 0 Å². The van der Waals surface area contributed by atoms with Gasteiger partial charge in [-0.3, -0.25) is 9.59 Å². The number of aliphatic hydroxyl groups is 8. The molecule has 18 heteroatoms. The molecule has 4 atom stereocenters. The first-order valence-corrected chi connectivity index (χ1v) is 10.0. The Balaban J connectivity index is -0.000000472. The Labute approximate surface area is 204 Å². The quantitative estimate of drug-likeness (QED) is 0.0880. The first-order chi connectivity index (χ1) is 16.8. The molecular weight excluding hydrogens is 504 g/mol. The second-order valence-corrected chi connectivity index (χ2v) is 6.38. The lowest BCUT2D eigenvalue weighted by atomic mass is 10.3. The third-order valence-corrected chi connectivity index (χ3v) is 2.97. The molecule has 0 aromatic rings. The molecule has 0 aliphatic heterocycles. The van der Waals surface area contributed by atoms with E-state index >= 15 is 0 Å². The summed E-state index contributed by atoms with van der Waals surface area (Å²) in [5.74, 6) is -2.15. The Hall–Kier alpha value is -2.84. The van der Waals surface area contributed by atoms with Crippen LogP contribution in [0, 0.1) is 0 Å². The van der Waals surface area contributed by atoms with Gasteiger partial charge < -0.3 is 70.0 Å². The molecule has 4 unspecified atom stereocenters. The van der Waals surface area contributed by atoms with Gasteiger partial charge >= 0.3 is 24.2 Å². The maximum atomic E-state index is 10.7. The molecule has 0 radical (unpaired) electrons. The summed E-state index contributed by atoms with van der Waals surface area (Å²) in [5, 5.41) is 84.2. The highest BCUT2D eigenvalue weighted by molar-refractivity contribution is 5.75. The van der Waals surface area contributed by atoms with E-state index in [2.05, 4.69) is 18.9 Å². The SMILES string of the molecule is O=C(O)CCC(=O)O.O=C(OCC(O)CO)OCC(O)CO.O=C(OCC(O)CO)OCC(O)CO. The number of hydrogen-bond acceptors (Lipinski definition) is 16. The average Bonchev–Trinajstić information content (AvgIpc) is 2.86. The van der Waals surface area contributed by atoms with Crippen molar-refractivity contribution in [2.45, 2.75) is 37.3 Å². The highest BCUT2D eigenvalue weighted by Crippen LogP contribution is 1.92. The summed E-state index contributed by atoms with van der Waals surface area (Å²) in [6.45, 7) is -3.62. The van der Waals surface area contributed by atoms with Gasteiger partial charge in [-0.15, -0.1) is 0 Å². The molecule has 36 heavy (non-hydrogen) atoms. The molecule has 0 heterocycles. The van der Waals surface area contributed by atoms with Crippen LogP contribution in [-0.2, 0) is 28.5 Å². The molecule has 0 aliphatic rings. The van der Waals surface area contributed by atoms with Gasteiger partial charge in [-0.05, 0) is 0 Å². The smallest absolute Gasteiger partial charge is 0.481 e. The molecule has 0 fully saturated rings. The Bertz CT molecular complexity index is 502. The van der Waals surface area contributed by atoms with Crippen LogP contribution in [0.3, 0.4) is 0 Å². The van der Waals surface area contributed by atoms with Gasteiger partial charge in [0.25, 0.3) is 0 Å². The third kappa shape index (κ3) is 31.2. The molecule has 0 spiro atoms. The van der Waals surface area contributed by atoms with Crippen LogP contribution in [0.5, 0.6) is 0 Å². The highest BCUT2D eigenvalue weighted by Gasteiger charge is 2.12. The standard InChI is InChI=1S/2C7H14O7.C4H6O4/c2*8-1-5(10)3-13-7(12)14-4-6(11)2-9;5-3(6)1-2-4(7)8/h2*5-6,8-11H,1-4H2;1-2H2,(H,5,6)(H,7,8). The fourth-order valence-electron chi connectivity index (χ4n) is 1.16. The highest BCUT2D eigenvalue weighted by atomic mass is 16.7. The van der Waals surface area contributed by atoms with Crippen LogP contribution in [-0.4, -0.2) is 153 Å². The molecule has 0 saturated heterocycles. The van der Waals surface area contributed by atoms with Gasteiger partial charge in [-0.1, -0.05) is 0 Å². The molecule has 0 aromatic heterocycles. The Morgan fingerprint density at radius 3 is 0.806 bits per heavy atom. The van der Waals surface area contributed by atoms with E-state index in [1.54, 1.807) is 0 Å². The van der Waals surface area contributed by atoms with Crippen molar-refractivity contribution in [1.29, 1.82) is 0 Å². The Kier molecular flexibility index (Phi) is 26.5. The number of carbonyl (C=O) groups excluding carboxylic acids is 2. The summed E-state index contributed by atoms with van der Waals surface area (Å²) in [6, 6.07) is 0. The van der Waals surface area contributed by atoms with Crippen molar-refractivity contribution < 1.29 is 89.2 Å². The number of ether oxygens (including phenoxy) is 4. The van der Waals surface area contributed by atoms with Gasteiger partial charge in [0.2, 0.25) is 0 Å². The zero-order valence-corrected chi connectivity index (χ0v) is 19.1. The summed E-state index contributed by atoms with van der Waals surface area (Å²) in [6.07, 6.45) is -7.34. The lowest BCUT2D eigenvalue weighted by Crippen LogP contribution is -2.25. The van der Waals surface area contributed by atoms with E-state index in [-0.39, 0.29) is 39.3 Å². The molecular formula is C18H34O18. The lowest BCUT2D eigenvalue weighted by Gasteiger charge is -2.10. The lowest BCUT2D eigenvalue weighted by molar-refractivity contribution is -0.143. The Morgan fingerprint density at radius 2 is 0.667 bits per heavy atom. The van der Waals surface area contributed by atoms with Crippen LogP contribution in [0.25, 0.3) is 0 Å². The number of carboxylic acids is 2. The number of carboxylic acid groups (broad SMARTS) is 2. The van der Waals surface area contributed by atoms with Crippen LogP contribution in [0.4, 0.5) is 9.59 Å². The molecule has 0 aliphatic carbocycles.